The Morgan fingerprint density at radius 2 is 1.84 bits per heavy atom. The summed E-state index contributed by atoms with van der Waals surface area (Å²) in [6.45, 7) is 7.98. The number of hydrogen-bond acceptors (Lipinski definition) is 2. The van der Waals surface area contributed by atoms with Gasteiger partial charge in [0.25, 0.3) is 0 Å². The van der Waals surface area contributed by atoms with Crippen LogP contribution in [0.25, 0.3) is 0 Å². The molecule has 0 spiro atoms. The summed E-state index contributed by atoms with van der Waals surface area (Å²) in [5.41, 5.74) is 0.526. The molecule has 0 aromatic carbocycles. The molecule has 1 aliphatic rings. The first kappa shape index (κ1) is 15.1. The van der Waals surface area contributed by atoms with E-state index in [2.05, 4.69) is 38.2 Å². The zero-order valence-corrected chi connectivity index (χ0v) is 13.6. The van der Waals surface area contributed by atoms with Gasteiger partial charge >= 0.3 is 0 Å². The molecule has 0 radical (unpaired) electrons. The molecule has 1 fully saturated rings. The van der Waals surface area contributed by atoms with Gasteiger partial charge < -0.3 is 5.32 Å². The van der Waals surface area contributed by atoms with Gasteiger partial charge in [-0.25, -0.2) is 0 Å². The van der Waals surface area contributed by atoms with Crippen LogP contribution in [0.3, 0.4) is 0 Å². The molecule has 108 valence electrons. The number of aryl methyl sites for hydroxylation is 1. The summed E-state index contributed by atoms with van der Waals surface area (Å²) in [4.78, 5) is 3.14. The van der Waals surface area contributed by atoms with E-state index in [-0.39, 0.29) is 0 Å². The Hall–Kier alpha value is -0.340. The van der Waals surface area contributed by atoms with Crippen LogP contribution in [0.15, 0.2) is 12.1 Å². The van der Waals surface area contributed by atoms with Crippen molar-refractivity contribution in [2.24, 2.45) is 5.41 Å². The summed E-state index contributed by atoms with van der Waals surface area (Å²) in [5.74, 6) is 0. The van der Waals surface area contributed by atoms with E-state index in [0.29, 0.717) is 11.5 Å². The van der Waals surface area contributed by atoms with Crippen molar-refractivity contribution in [1.82, 2.24) is 5.32 Å². The molecular weight excluding hydrogens is 250 g/mol. The molecule has 1 heterocycles. The smallest absolute Gasteiger partial charge is 0.00541 e. The lowest BCUT2D eigenvalue weighted by Gasteiger charge is -2.38. The first-order valence-corrected chi connectivity index (χ1v) is 8.76. The van der Waals surface area contributed by atoms with E-state index in [4.69, 9.17) is 0 Å². The van der Waals surface area contributed by atoms with Crippen molar-refractivity contribution >= 4 is 11.3 Å². The molecule has 0 unspecified atom stereocenters. The van der Waals surface area contributed by atoms with Crippen LogP contribution in [-0.4, -0.2) is 12.6 Å². The zero-order chi connectivity index (χ0) is 13.7. The van der Waals surface area contributed by atoms with Gasteiger partial charge in [0.2, 0.25) is 0 Å². The average molecular weight is 279 g/mol. The maximum absolute atomic E-state index is 3.70. The van der Waals surface area contributed by atoms with E-state index < -0.39 is 0 Å². The predicted octanol–water partition coefficient (Wildman–Crippen LogP) is 4.80. The van der Waals surface area contributed by atoms with Crippen LogP contribution >= 0.6 is 11.3 Å². The normalized spacial score (nSPS) is 18.9. The monoisotopic (exact) mass is 279 g/mol. The lowest BCUT2D eigenvalue weighted by atomic mass is 9.71. The molecule has 2 rings (SSSR count). The Kier molecular flexibility index (Phi) is 5.47. The van der Waals surface area contributed by atoms with Crippen LogP contribution in [0, 0.1) is 5.41 Å². The Morgan fingerprint density at radius 3 is 2.42 bits per heavy atom. The summed E-state index contributed by atoms with van der Waals surface area (Å²) in [6, 6.07) is 5.30. The molecule has 1 nitrogen and oxygen atoms in total. The highest BCUT2D eigenvalue weighted by atomic mass is 32.1. The van der Waals surface area contributed by atoms with Gasteiger partial charge in [0, 0.05) is 22.3 Å². The summed E-state index contributed by atoms with van der Waals surface area (Å²) in [7, 11) is 0. The molecule has 0 aliphatic heterocycles. The highest BCUT2D eigenvalue weighted by Gasteiger charge is 2.32. The lowest BCUT2D eigenvalue weighted by molar-refractivity contribution is 0.178. The van der Waals surface area contributed by atoms with E-state index in [1.54, 1.807) is 4.88 Å². The van der Waals surface area contributed by atoms with Gasteiger partial charge in [0.1, 0.15) is 0 Å². The highest BCUT2D eigenvalue weighted by molar-refractivity contribution is 7.11. The number of hydrogen-bond donors (Lipinski definition) is 1. The van der Waals surface area contributed by atoms with Crippen LogP contribution in [-0.2, 0) is 12.8 Å². The molecule has 1 aromatic rings. The zero-order valence-electron chi connectivity index (χ0n) is 12.8. The van der Waals surface area contributed by atoms with Crippen molar-refractivity contribution in [1.29, 1.82) is 0 Å². The Labute approximate surface area is 122 Å². The fourth-order valence-corrected chi connectivity index (χ4v) is 4.35. The fourth-order valence-electron chi connectivity index (χ4n) is 3.22. The van der Waals surface area contributed by atoms with E-state index in [0.717, 1.165) is 0 Å². The van der Waals surface area contributed by atoms with Gasteiger partial charge in [-0.1, -0.05) is 40.0 Å². The fraction of sp³-hybridized carbons (Fsp3) is 0.765. The Bertz CT molecular complexity index is 374. The van der Waals surface area contributed by atoms with Crippen molar-refractivity contribution in [3.8, 4) is 0 Å². The molecule has 19 heavy (non-hydrogen) atoms. The lowest BCUT2D eigenvalue weighted by Crippen LogP contribution is -2.40. The van der Waals surface area contributed by atoms with Gasteiger partial charge in [0.15, 0.2) is 0 Å². The SMILES string of the molecule is CCc1ccc(CC2(CNC(C)C)CCCCC2)s1. The van der Waals surface area contributed by atoms with Crippen molar-refractivity contribution in [2.45, 2.75) is 71.8 Å². The third-order valence-electron chi connectivity index (χ3n) is 4.41. The molecule has 1 aliphatic carbocycles. The Morgan fingerprint density at radius 1 is 1.16 bits per heavy atom. The highest BCUT2D eigenvalue weighted by Crippen LogP contribution is 2.40. The van der Waals surface area contributed by atoms with Crippen molar-refractivity contribution in [2.75, 3.05) is 6.54 Å². The summed E-state index contributed by atoms with van der Waals surface area (Å²) in [6.07, 6.45) is 9.57. The average Bonchev–Trinajstić information content (AvgIpc) is 2.85. The van der Waals surface area contributed by atoms with E-state index in [9.17, 15) is 0 Å². The van der Waals surface area contributed by atoms with E-state index >= 15 is 0 Å². The molecule has 0 bridgehead atoms. The molecule has 1 N–H and O–H groups in total. The summed E-state index contributed by atoms with van der Waals surface area (Å²) >= 11 is 2.03. The maximum atomic E-state index is 3.70. The van der Waals surface area contributed by atoms with Gasteiger partial charge in [-0.15, -0.1) is 11.3 Å². The van der Waals surface area contributed by atoms with Crippen LogP contribution in [0.2, 0.25) is 0 Å². The molecular formula is C17H29NS. The van der Waals surface area contributed by atoms with Crippen LogP contribution in [0.5, 0.6) is 0 Å². The quantitative estimate of drug-likeness (QED) is 0.788. The number of thiophene rings is 1. The standard InChI is InChI=1S/C17H29NS/c1-4-15-8-9-16(19-15)12-17(13-18-14(2)3)10-6-5-7-11-17/h8-9,14,18H,4-7,10-13H2,1-3H3. The second kappa shape index (κ2) is 6.90. The molecule has 0 saturated heterocycles. The van der Waals surface area contributed by atoms with Gasteiger partial charge in [-0.2, -0.15) is 0 Å². The summed E-state index contributed by atoms with van der Waals surface area (Å²) < 4.78 is 0. The molecule has 0 amide bonds. The van der Waals surface area contributed by atoms with Gasteiger partial charge in [-0.3, -0.25) is 0 Å². The molecule has 1 aromatic heterocycles. The minimum absolute atomic E-state index is 0.526. The van der Waals surface area contributed by atoms with Crippen molar-refractivity contribution in [3.05, 3.63) is 21.9 Å². The van der Waals surface area contributed by atoms with Crippen LogP contribution in [0.4, 0.5) is 0 Å². The van der Waals surface area contributed by atoms with Crippen LogP contribution < -0.4 is 5.32 Å². The minimum Gasteiger partial charge on any atom is -0.314 e. The van der Waals surface area contributed by atoms with Crippen molar-refractivity contribution in [3.63, 3.8) is 0 Å². The largest absolute Gasteiger partial charge is 0.314 e. The van der Waals surface area contributed by atoms with E-state index in [1.807, 2.05) is 11.3 Å². The first-order chi connectivity index (χ1) is 9.13. The van der Waals surface area contributed by atoms with Crippen molar-refractivity contribution < 1.29 is 0 Å². The molecule has 2 heteroatoms. The Balaban J connectivity index is 2.03. The predicted molar refractivity (Wildman–Crippen MR) is 86.1 cm³/mol. The number of rotatable bonds is 6. The molecule has 1 saturated carbocycles. The third kappa shape index (κ3) is 4.32. The van der Waals surface area contributed by atoms with E-state index in [1.165, 1.54) is 56.4 Å². The summed E-state index contributed by atoms with van der Waals surface area (Å²) in [5, 5.41) is 3.70. The van der Waals surface area contributed by atoms with Crippen LogP contribution in [0.1, 0.15) is 62.6 Å². The van der Waals surface area contributed by atoms with Gasteiger partial charge in [0.05, 0.1) is 0 Å². The number of nitrogens with one attached hydrogen (secondary N) is 1. The second-order valence-electron chi connectivity index (χ2n) is 6.49. The third-order valence-corrected chi connectivity index (χ3v) is 5.64. The minimum atomic E-state index is 0.526. The topological polar surface area (TPSA) is 12.0 Å². The maximum Gasteiger partial charge on any atom is 0.00541 e. The first-order valence-electron chi connectivity index (χ1n) is 7.94. The molecule has 0 atom stereocenters. The second-order valence-corrected chi connectivity index (χ2v) is 7.75. The van der Waals surface area contributed by atoms with Gasteiger partial charge in [-0.05, 0) is 43.2 Å².